The zero-order valence-corrected chi connectivity index (χ0v) is 12.0. The molecule has 2 N–H and O–H groups in total. The SMILES string of the molecule is Cn1cc(S(=O)(=O)NCC2(C)CCCO2)cc1CO. The first-order valence-corrected chi connectivity index (χ1v) is 7.74. The second-order valence-corrected chi connectivity index (χ2v) is 6.93. The summed E-state index contributed by atoms with van der Waals surface area (Å²) < 4.78 is 34.0. The maximum atomic E-state index is 12.2. The lowest BCUT2D eigenvalue weighted by Gasteiger charge is -2.23. The van der Waals surface area contributed by atoms with E-state index in [9.17, 15) is 8.42 Å². The second-order valence-electron chi connectivity index (χ2n) is 5.16. The van der Waals surface area contributed by atoms with Gasteiger partial charge in [-0.25, -0.2) is 13.1 Å². The summed E-state index contributed by atoms with van der Waals surface area (Å²) in [6, 6.07) is 1.47. The summed E-state index contributed by atoms with van der Waals surface area (Å²) in [6.07, 6.45) is 3.30. The fraction of sp³-hybridized carbons (Fsp3) is 0.667. The average Bonchev–Trinajstić information content (AvgIpc) is 2.94. The van der Waals surface area contributed by atoms with Gasteiger partial charge in [0, 0.05) is 32.1 Å². The van der Waals surface area contributed by atoms with E-state index in [1.807, 2.05) is 6.92 Å². The van der Waals surface area contributed by atoms with Gasteiger partial charge in [-0.3, -0.25) is 0 Å². The minimum atomic E-state index is -3.56. The van der Waals surface area contributed by atoms with Gasteiger partial charge >= 0.3 is 0 Å². The van der Waals surface area contributed by atoms with Crippen LogP contribution in [0.15, 0.2) is 17.2 Å². The van der Waals surface area contributed by atoms with E-state index >= 15 is 0 Å². The lowest BCUT2D eigenvalue weighted by atomic mass is 10.0. The third-order valence-electron chi connectivity index (χ3n) is 3.49. The molecule has 0 aliphatic carbocycles. The third-order valence-corrected chi connectivity index (χ3v) is 4.86. The summed E-state index contributed by atoms with van der Waals surface area (Å²) in [6.45, 7) is 2.66. The molecule has 2 heterocycles. The van der Waals surface area contributed by atoms with E-state index in [2.05, 4.69) is 4.72 Å². The molecular formula is C12H20N2O4S. The highest BCUT2D eigenvalue weighted by Crippen LogP contribution is 2.24. The normalized spacial score (nSPS) is 23.9. The molecule has 108 valence electrons. The zero-order chi connectivity index (χ0) is 14.1. The summed E-state index contributed by atoms with van der Waals surface area (Å²) >= 11 is 0. The molecule has 0 aromatic carbocycles. The fourth-order valence-electron chi connectivity index (χ4n) is 2.19. The van der Waals surface area contributed by atoms with Crippen LogP contribution in [-0.2, 0) is 28.4 Å². The van der Waals surface area contributed by atoms with E-state index < -0.39 is 15.6 Å². The molecule has 1 aliphatic rings. The van der Waals surface area contributed by atoms with Crippen molar-refractivity contribution in [3.05, 3.63) is 18.0 Å². The number of sulfonamides is 1. The van der Waals surface area contributed by atoms with E-state index in [0.717, 1.165) is 12.8 Å². The molecule has 1 saturated heterocycles. The molecule has 0 saturated carbocycles. The van der Waals surface area contributed by atoms with Crippen LogP contribution in [0.25, 0.3) is 0 Å². The van der Waals surface area contributed by atoms with Gasteiger partial charge in [-0.2, -0.15) is 0 Å². The highest BCUT2D eigenvalue weighted by molar-refractivity contribution is 7.89. The molecule has 0 bridgehead atoms. The number of aromatic nitrogens is 1. The molecule has 0 radical (unpaired) electrons. The van der Waals surface area contributed by atoms with Crippen molar-refractivity contribution < 1.29 is 18.3 Å². The van der Waals surface area contributed by atoms with Crippen LogP contribution >= 0.6 is 0 Å². The zero-order valence-electron chi connectivity index (χ0n) is 11.2. The van der Waals surface area contributed by atoms with E-state index in [4.69, 9.17) is 9.84 Å². The molecule has 1 aromatic rings. The van der Waals surface area contributed by atoms with Gasteiger partial charge in [-0.1, -0.05) is 0 Å². The van der Waals surface area contributed by atoms with Gasteiger partial charge in [0.15, 0.2) is 0 Å². The van der Waals surface area contributed by atoms with Crippen LogP contribution in [0.5, 0.6) is 0 Å². The van der Waals surface area contributed by atoms with Crippen LogP contribution < -0.4 is 4.72 Å². The minimum Gasteiger partial charge on any atom is -0.390 e. The van der Waals surface area contributed by atoms with E-state index in [1.54, 1.807) is 11.6 Å². The number of nitrogens with one attached hydrogen (secondary N) is 1. The Balaban J connectivity index is 2.09. The Bertz CT molecular complexity index is 544. The van der Waals surface area contributed by atoms with E-state index in [0.29, 0.717) is 12.3 Å². The number of ether oxygens (including phenoxy) is 1. The molecule has 7 heteroatoms. The summed E-state index contributed by atoms with van der Waals surface area (Å²) in [5.41, 5.74) is 0.144. The number of aliphatic hydroxyl groups excluding tert-OH is 1. The van der Waals surface area contributed by atoms with Gasteiger partial charge in [0.25, 0.3) is 0 Å². The number of aliphatic hydroxyl groups is 1. The molecule has 1 aliphatic heterocycles. The van der Waals surface area contributed by atoms with Crippen molar-refractivity contribution in [3.8, 4) is 0 Å². The molecule has 1 aromatic heterocycles. The Kier molecular flexibility index (Phi) is 4.00. The monoisotopic (exact) mass is 288 g/mol. The highest BCUT2D eigenvalue weighted by Gasteiger charge is 2.31. The van der Waals surface area contributed by atoms with Crippen LogP contribution in [0.1, 0.15) is 25.5 Å². The van der Waals surface area contributed by atoms with Crippen LogP contribution in [0.3, 0.4) is 0 Å². The molecule has 6 nitrogen and oxygen atoms in total. The molecule has 1 atom stereocenters. The largest absolute Gasteiger partial charge is 0.390 e. The van der Waals surface area contributed by atoms with Gasteiger partial charge in [-0.15, -0.1) is 0 Å². The Morgan fingerprint density at radius 3 is 2.84 bits per heavy atom. The van der Waals surface area contributed by atoms with E-state index in [-0.39, 0.29) is 18.0 Å². The van der Waals surface area contributed by atoms with Crippen molar-refractivity contribution in [1.82, 2.24) is 9.29 Å². The molecule has 0 spiro atoms. The smallest absolute Gasteiger partial charge is 0.242 e. The minimum absolute atomic E-state index is 0.167. The summed E-state index contributed by atoms with van der Waals surface area (Å²) in [5, 5.41) is 9.08. The van der Waals surface area contributed by atoms with Gasteiger partial charge in [0.05, 0.1) is 17.1 Å². The van der Waals surface area contributed by atoms with Crippen LogP contribution in [0.4, 0.5) is 0 Å². The molecule has 1 unspecified atom stereocenters. The first-order chi connectivity index (χ1) is 8.86. The Hall–Kier alpha value is -0.890. The second kappa shape index (κ2) is 5.24. The predicted octanol–water partition coefficient (Wildman–Crippen LogP) is 0.365. The summed E-state index contributed by atoms with van der Waals surface area (Å²) in [7, 11) is -1.86. The van der Waals surface area contributed by atoms with Crippen LogP contribution in [0, 0.1) is 0 Å². The van der Waals surface area contributed by atoms with Crippen LogP contribution in [-0.4, -0.2) is 36.8 Å². The Morgan fingerprint density at radius 1 is 1.58 bits per heavy atom. The number of rotatable bonds is 5. The number of hydrogen-bond donors (Lipinski definition) is 2. The standard InChI is InChI=1S/C12H20N2O4S/c1-12(4-3-5-18-12)9-13-19(16,17)11-6-10(8-15)14(2)7-11/h6-7,13,15H,3-5,8-9H2,1-2H3. The summed E-state index contributed by atoms with van der Waals surface area (Å²) in [4.78, 5) is 0.167. The number of aryl methyl sites for hydroxylation is 1. The first-order valence-electron chi connectivity index (χ1n) is 6.26. The number of hydrogen-bond acceptors (Lipinski definition) is 4. The van der Waals surface area contributed by atoms with E-state index in [1.165, 1.54) is 12.3 Å². The van der Waals surface area contributed by atoms with Crippen molar-refractivity contribution in [3.63, 3.8) is 0 Å². The lowest BCUT2D eigenvalue weighted by molar-refractivity contribution is 0.0250. The number of nitrogens with zero attached hydrogens (tertiary/aromatic N) is 1. The maximum Gasteiger partial charge on any atom is 0.242 e. The van der Waals surface area contributed by atoms with Crippen molar-refractivity contribution in [2.45, 2.75) is 36.9 Å². The Labute approximate surface area is 113 Å². The quantitative estimate of drug-likeness (QED) is 0.820. The molecule has 0 amide bonds. The fourth-order valence-corrected chi connectivity index (χ4v) is 3.44. The van der Waals surface area contributed by atoms with Crippen molar-refractivity contribution >= 4 is 10.0 Å². The topological polar surface area (TPSA) is 80.6 Å². The molecule has 1 fully saturated rings. The highest BCUT2D eigenvalue weighted by atomic mass is 32.2. The summed E-state index contributed by atoms with van der Waals surface area (Å²) in [5.74, 6) is 0. The van der Waals surface area contributed by atoms with Gasteiger partial charge in [0.1, 0.15) is 0 Å². The molecule has 2 rings (SSSR count). The predicted molar refractivity (Wildman–Crippen MR) is 70.1 cm³/mol. The molecular weight excluding hydrogens is 268 g/mol. The van der Waals surface area contributed by atoms with Crippen molar-refractivity contribution in [2.75, 3.05) is 13.2 Å². The Morgan fingerprint density at radius 2 is 2.32 bits per heavy atom. The van der Waals surface area contributed by atoms with Gasteiger partial charge < -0.3 is 14.4 Å². The van der Waals surface area contributed by atoms with Gasteiger partial charge in [-0.05, 0) is 25.8 Å². The van der Waals surface area contributed by atoms with Crippen molar-refractivity contribution in [1.29, 1.82) is 0 Å². The van der Waals surface area contributed by atoms with Crippen LogP contribution in [0.2, 0.25) is 0 Å². The first kappa shape index (κ1) is 14.5. The lowest BCUT2D eigenvalue weighted by Crippen LogP contribution is -2.39. The van der Waals surface area contributed by atoms with Gasteiger partial charge in [0.2, 0.25) is 10.0 Å². The van der Waals surface area contributed by atoms with Crippen molar-refractivity contribution in [2.24, 2.45) is 7.05 Å². The molecule has 19 heavy (non-hydrogen) atoms. The average molecular weight is 288 g/mol. The third kappa shape index (κ3) is 3.17. The maximum absolute atomic E-state index is 12.2.